The molecule has 0 radical (unpaired) electrons. The van der Waals surface area contributed by atoms with Crippen LogP contribution in [0.25, 0.3) is 0 Å². The lowest BCUT2D eigenvalue weighted by Gasteiger charge is -2.19. The van der Waals surface area contributed by atoms with Crippen molar-refractivity contribution in [3.8, 4) is 0 Å². The van der Waals surface area contributed by atoms with Crippen molar-refractivity contribution in [2.24, 2.45) is 0 Å². The van der Waals surface area contributed by atoms with E-state index in [4.69, 9.17) is 4.74 Å². The maximum Gasteiger partial charge on any atom is 0.244 e. The summed E-state index contributed by atoms with van der Waals surface area (Å²) in [5.41, 5.74) is 0. The lowest BCUT2D eigenvalue weighted by Crippen LogP contribution is -2.53. The van der Waals surface area contributed by atoms with Crippen molar-refractivity contribution in [1.29, 1.82) is 0 Å². The molecule has 110 valence electrons. The van der Waals surface area contributed by atoms with Gasteiger partial charge in [-0.3, -0.25) is 14.4 Å². The molecule has 0 heterocycles. The molecule has 0 fully saturated rings. The van der Waals surface area contributed by atoms with E-state index in [2.05, 4.69) is 28.6 Å². The molecule has 0 aliphatic heterocycles. The molecule has 3 N–H and O–H groups in total. The van der Waals surface area contributed by atoms with Gasteiger partial charge in [-0.05, 0) is 6.92 Å². The standard InChI is InChI=1S/C11H21N3O4S/c1-7(10(16)12-4-5-18-3)13-11(17)9(6-19)14-8(2)15/h7,9,19H,4-6H2,1-3H3,(H,12,16)(H,13,17)(H,14,15). The van der Waals surface area contributed by atoms with E-state index in [0.717, 1.165) is 0 Å². The van der Waals surface area contributed by atoms with Crippen molar-refractivity contribution < 1.29 is 19.1 Å². The van der Waals surface area contributed by atoms with Gasteiger partial charge in [0.05, 0.1) is 6.61 Å². The Morgan fingerprint density at radius 1 is 1.21 bits per heavy atom. The predicted octanol–water partition coefficient (Wildman–Crippen LogP) is -1.31. The number of amides is 3. The van der Waals surface area contributed by atoms with Crippen LogP contribution in [0, 0.1) is 0 Å². The van der Waals surface area contributed by atoms with Crippen LogP contribution in [0.1, 0.15) is 13.8 Å². The van der Waals surface area contributed by atoms with Crippen LogP contribution >= 0.6 is 12.6 Å². The molecule has 19 heavy (non-hydrogen) atoms. The summed E-state index contributed by atoms with van der Waals surface area (Å²) < 4.78 is 4.79. The van der Waals surface area contributed by atoms with Crippen LogP contribution in [0.4, 0.5) is 0 Å². The predicted molar refractivity (Wildman–Crippen MR) is 73.9 cm³/mol. The van der Waals surface area contributed by atoms with Crippen LogP contribution in [0.15, 0.2) is 0 Å². The van der Waals surface area contributed by atoms with Crippen molar-refractivity contribution in [3.63, 3.8) is 0 Å². The van der Waals surface area contributed by atoms with E-state index in [-0.39, 0.29) is 17.6 Å². The Labute approximate surface area is 118 Å². The second-order valence-corrected chi connectivity index (χ2v) is 4.31. The minimum atomic E-state index is -0.755. The molecule has 8 heteroatoms. The first kappa shape index (κ1) is 17.7. The molecule has 0 aromatic heterocycles. The monoisotopic (exact) mass is 291 g/mol. The van der Waals surface area contributed by atoms with Crippen molar-refractivity contribution in [2.75, 3.05) is 26.0 Å². The molecule has 0 rings (SSSR count). The van der Waals surface area contributed by atoms with Crippen LogP contribution < -0.4 is 16.0 Å². The summed E-state index contributed by atoms with van der Waals surface area (Å²) in [6, 6.07) is -1.45. The fourth-order valence-electron chi connectivity index (χ4n) is 1.25. The summed E-state index contributed by atoms with van der Waals surface area (Å²) in [6.07, 6.45) is 0. The smallest absolute Gasteiger partial charge is 0.244 e. The summed E-state index contributed by atoms with van der Waals surface area (Å²) in [4.78, 5) is 34.3. The van der Waals surface area contributed by atoms with Crippen LogP contribution in [0.3, 0.4) is 0 Å². The van der Waals surface area contributed by atoms with Crippen molar-refractivity contribution >= 4 is 30.4 Å². The third-order valence-corrected chi connectivity index (χ3v) is 2.60. The van der Waals surface area contributed by atoms with E-state index in [0.29, 0.717) is 13.2 Å². The van der Waals surface area contributed by atoms with Gasteiger partial charge in [0.15, 0.2) is 0 Å². The zero-order valence-corrected chi connectivity index (χ0v) is 12.3. The minimum Gasteiger partial charge on any atom is -0.383 e. The van der Waals surface area contributed by atoms with Gasteiger partial charge in [0.25, 0.3) is 0 Å². The van der Waals surface area contributed by atoms with E-state index < -0.39 is 18.0 Å². The quantitative estimate of drug-likeness (QED) is 0.330. The van der Waals surface area contributed by atoms with E-state index in [1.54, 1.807) is 6.92 Å². The van der Waals surface area contributed by atoms with E-state index in [9.17, 15) is 14.4 Å². The second kappa shape index (κ2) is 9.62. The molecule has 0 aliphatic rings. The third kappa shape index (κ3) is 7.68. The molecule has 7 nitrogen and oxygen atoms in total. The summed E-state index contributed by atoms with van der Waals surface area (Å²) in [5, 5.41) is 7.56. The second-order valence-electron chi connectivity index (χ2n) is 3.95. The Morgan fingerprint density at radius 2 is 1.84 bits per heavy atom. The molecule has 0 bridgehead atoms. The number of ether oxygens (including phenoxy) is 1. The Kier molecular flexibility index (Phi) is 8.98. The molecule has 0 aliphatic carbocycles. The number of carbonyl (C=O) groups is 3. The Balaban J connectivity index is 4.21. The summed E-state index contributed by atoms with van der Waals surface area (Å²) in [6.45, 7) is 3.64. The third-order valence-electron chi connectivity index (χ3n) is 2.23. The van der Waals surface area contributed by atoms with Crippen molar-refractivity contribution in [1.82, 2.24) is 16.0 Å². The number of methoxy groups -OCH3 is 1. The first-order valence-corrected chi connectivity index (χ1v) is 6.50. The van der Waals surface area contributed by atoms with Gasteiger partial charge >= 0.3 is 0 Å². The van der Waals surface area contributed by atoms with Crippen LogP contribution in [0.5, 0.6) is 0 Å². The van der Waals surface area contributed by atoms with Crippen molar-refractivity contribution in [3.05, 3.63) is 0 Å². The molecule has 0 aromatic carbocycles. The molecule has 0 saturated heterocycles. The van der Waals surface area contributed by atoms with Gasteiger partial charge < -0.3 is 20.7 Å². The minimum absolute atomic E-state index is 0.156. The van der Waals surface area contributed by atoms with E-state index >= 15 is 0 Å². The molecule has 3 amide bonds. The lowest BCUT2D eigenvalue weighted by atomic mass is 10.2. The highest BCUT2D eigenvalue weighted by Crippen LogP contribution is 1.91. The maximum absolute atomic E-state index is 11.8. The Hall–Kier alpha value is -1.28. The fourth-order valence-corrected chi connectivity index (χ4v) is 1.51. The first-order chi connectivity index (χ1) is 8.92. The molecule has 2 unspecified atom stereocenters. The Bertz CT molecular complexity index is 325. The van der Waals surface area contributed by atoms with Crippen LogP contribution in [-0.2, 0) is 19.1 Å². The molecular weight excluding hydrogens is 270 g/mol. The lowest BCUT2D eigenvalue weighted by molar-refractivity contribution is -0.131. The van der Waals surface area contributed by atoms with Crippen LogP contribution in [0.2, 0.25) is 0 Å². The van der Waals surface area contributed by atoms with Crippen LogP contribution in [-0.4, -0.2) is 55.8 Å². The maximum atomic E-state index is 11.8. The number of nitrogens with one attached hydrogen (secondary N) is 3. The average molecular weight is 291 g/mol. The number of thiol groups is 1. The van der Waals surface area contributed by atoms with Gasteiger partial charge in [-0.2, -0.15) is 12.6 Å². The van der Waals surface area contributed by atoms with Gasteiger partial charge in [-0.15, -0.1) is 0 Å². The van der Waals surface area contributed by atoms with Gasteiger partial charge in [-0.25, -0.2) is 0 Å². The van der Waals surface area contributed by atoms with E-state index in [1.807, 2.05) is 0 Å². The van der Waals surface area contributed by atoms with Gasteiger partial charge in [-0.1, -0.05) is 0 Å². The molecule has 2 atom stereocenters. The number of carbonyl (C=O) groups excluding carboxylic acids is 3. The van der Waals surface area contributed by atoms with E-state index in [1.165, 1.54) is 14.0 Å². The molecule has 0 spiro atoms. The molecular formula is C11H21N3O4S. The SMILES string of the molecule is COCCNC(=O)C(C)NC(=O)C(CS)NC(C)=O. The van der Waals surface area contributed by atoms with Gasteiger partial charge in [0.2, 0.25) is 17.7 Å². The summed E-state index contributed by atoms with van der Waals surface area (Å²) in [5.74, 6) is -0.930. The fraction of sp³-hybridized carbons (Fsp3) is 0.727. The highest BCUT2D eigenvalue weighted by atomic mass is 32.1. The number of hydrogen-bond donors (Lipinski definition) is 4. The summed E-state index contributed by atoms with van der Waals surface area (Å²) in [7, 11) is 1.53. The largest absolute Gasteiger partial charge is 0.383 e. The number of hydrogen-bond acceptors (Lipinski definition) is 5. The average Bonchev–Trinajstić information content (AvgIpc) is 2.35. The first-order valence-electron chi connectivity index (χ1n) is 5.87. The molecule has 0 aromatic rings. The molecule has 0 saturated carbocycles. The zero-order valence-electron chi connectivity index (χ0n) is 11.4. The van der Waals surface area contributed by atoms with Gasteiger partial charge in [0, 0.05) is 26.3 Å². The summed E-state index contributed by atoms with van der Waals surface area (Å²) >= 11 is 3.98. The van der Waals surface area contributed by atoms with Gasteiger partial charge in [0.1, 0.15) is 12.1 Å². The highest BCUT2D eigenvalue weighted by molar-refractivity contribution is 7.80. The Morgan fingerprint density at radius 3 is 2.32 bits per heavy atom. The highest BCUT2D eigenvalue weighted by Gasteiger charge is 2.22. The normalized spacial score (nSPS) is 13.3. The van der Waals surface area contributed by atoms with Crippen molar-refractivity contribution in [2.45, 2.75) is 25.9 Å². The zero-order chi connectivity index (χ0) is 14.8. The number of rotatable bonds is 8. The topological polar surface area (TPSA) is 96.5 Å².